The highest BCUT2D eigenvalue weighted by Gasteiger charge is 2.44. The number of carbonyl (C=O) groups is 1. The minimum Gasteiger partial charge on any atom is -0.456 e. The quantitative estimate of drug-likeness (QED) is 0.518. The van der Waals surface area contributed by atoms with Crippen molar-refractivity contribution in [2.45, 2.75) is 18.8 Å². The van der Waals surface area contributed by atoms with Crippen LogP contribution in [0.4, 0.5) is 18.9 Å². The molecule has 0 amide bonds. The lowest BCUT2D eigenvalue weighted by molar-refractivity contribution is -0.142. The standard InChI is InChI=1S/C23H17ClF3N3O2/c24-18-6-1-2-7-19(18)30-20(13-21(29-30)23(25,26)27)15-8-10-16(11-9-15)22(31)32-14-17-5-3-4-12-28-17/h1-13,21,29H,14H2. The van der Waals surface area contributed by atoms with E-state index in [-0.39, 0.29) is 17.9 Å². The summed E-state index contributed by atoms with van der Waals surface area (Å²) in [5.74, 6) is -0.558. The molecular formula is C23H17ClF3N3O2. The second kappa shape index (κ2) is 9.02. The molecule has 32 heavy (non-hydrogen) atoms. The number of para-hydroxylation sites is 1. The van der Waals surface area contributed by atoms with Crippen molar-refractivity contribution in [2.75, 3.05) is 5.01 Å². The molecule has 0 radical (unpaired) electrons. The number of ether oxygens (including phenoxy) is 1. The fourth-order valence-electron chi connectivity index (χ4n) is 3.19. The molecule has 4 rings (SSSR count). The largest absolute Gasteiger partial charge is 0.456 e. The normalized spacial score (nSPS) is 16.1. The monoisotopic (exact) mass is 459 g/mol. The van der Waals surface area contributed by atoms with E-state index in [9.17, 15) is 18.0 Å². The minimum atomic E-state index is -4.49. The number of hydrogen-bond donors (Lipinski definition) is 1. The number of nitrogens with zero attached hydrogens (tertiary/aromatic N) is 2. The Morgan fingerprint density at radius 1 is 1.06 bits per heavy atom. The zero-order valence-electron chi connectivity index (χ0n) is 16.5. The van der Waals surface area contributed by atoms with E-state index in [4.69, 9.17) is 16.3 Å². The maximum atomic E-state index is 13.4. The van der Waals surface area contributed by atoms with Gasteiger partial charge in [-0.3, -0.25) is 9.99 Å². The van der Waals surface area contributed by atoms with Gasteiger partial charge in [-0.15, -0.1) is 0 Å². The molecule has 5 nitrogen and oxygen atoms in total. The highest BCUT2D eigenvalue weighted by atomic mass is 35.5. The number of nitrogens with one attached hydrogen (secondary N) is 1. The van der Waals surface area contributed by atoms with E-state index < -0.39 is 18.2 Å². The van der Waals surface area contributed by atoms with Crippen molar-refractivity contribution >= 4 is 29.0 Å². The van der Waals surface area contributed by atoms with Gasteiger partial charge >= 0.3 is 12.1 Å². The van der Waals surface area contributed by atoms with Gasteiger partial charge in [0.05, 0.1) is 27.7 Å². The fourth-order valence-corrected chi connectivity index (χ4v) is 3.41. The Labute approximate surface area is 187 Å². The Kier molecular flexibility index (Phi) is 6.16. The first-order chi connectivity index (χ1) is 15.3. The molecule has 0 saturated carbocycles. The van der Waals surface area contributed by atoms with Crippen LogP contribution in [-0.2, 0) is 11.3 Å². The molecule has 3 aromatic rings. The molecule has 164 valence electrons. The summed E-state index contributed by atoms with van der Waals surface area (Å²) in [6.45, 7) is 0.0179. The average molecular weight is 460 g/mol. The Hall–Kier alpha value is -3.36. The lowest BCUT2D eigenvalue weighted by Gasteiger charge is -2.25. The van der Waals surface area contributed by atoms with Crippen LogP contribution in [0.25, 0.3) is 5.70 Å². The van der Waals surface area contributed by atoms with Gasteiger partial charge < -0.3 is 4.74 Å². The van der Waals surface area contributed by atoms with Crippen molar-refractivity contribution in [1.82, 2.24) is 10.4 Å². The van der Waals surface area contributed by atoms with Crippen LogP contribution >= 0.6 is 11.6 Å². The van der Waals surface area contributed by atoms with Crippen LogP contribution in [0.2, 0.25) is 5.02 Å². The van der Waals surface area contributed by atoms with E-state index in [0.717, 1.165) is 6.08 Å². The Bertz CT molecular complexity index is 1140. The molecule has 1 aromatic heterocycles. The third-order valence-corrected chi connectivity index (χ3v) is 5.09. The van der Waals surface area contributed by atoms with Crippen molar-refractivity contribution < 1.29 is 22.7 Å². The first-order valence-electron chi connectivity index (χ1n) is 9.60. The van der Waals surface area contributed by atoms with Crippen LogP contribution in [0.3, 0.4) is 0 Å². The Morgan fingerprint density at radius 3 is 2.44 bits per heavy atom. The summed E-state index contributed by atoms with van der Waals surface area (Å²) in [5.41, 5.74) is 4.45. The number of hydrazine groups is 1. The third-order valence-electron chi connectivity index (χ3n) is 4.77. The van der Waals surface area contributed by atoms with Gasteiger partial charge in [-0.1, -0.05) is 41.9 Å². The molecule has 1 atom stereocenters. The maximum Gasteiger partial charge on any atom is 0.409 e. The second-order valence-electron chi connectivity index (χ2n) is 6.96. The number of carbonyl (C=O) groups excluding carboxylic acids is 1. The number of esters is 1. The summed E-state index contributed by atoms with van der Waals surface area (Å²) in [5, 5.41) is 1.60. The molecule has 2 aromatic carbocycles. The zero-order chi connectivity index (χ0) is 22.7. The van der Waals surface area contributed by atoms with E-state index in [0.29, 0.717) is 22.0 Å². The smallest absolute Gasteiger partial charge is 0.409 e. The molecule has 1 aliphatic heterocycles. The van der Waals surface area contributed by atoms with Crippen LogP contribution in [0.1, 0.15) is 21.6 Å². The highest BCUT2D eigenvalue weighted by Crippen LogP contribution is 2.37. The number of anilines is 1. The van der Waals surface area contributed by atoms with Crippen molar-refractivity contribution in [3.63, 3.8) is 0 Å². The topological polar surface area (TPSA) is 54.5 Å². The van der Waals surface area contributed by atoms with Crippen LogP contribution in [-0.4, -0.2) is 23.2 Å². The number of hydrogen-bond acceptors (Lipinski definition) is 5. The average Bonchev–Trinajstić information content (AvgIpc) is 3.24. The van der Waals surface area contributed by atoms with Gasteiger partial charge in [-0.25, -0.2) is 10.2 Å². The highest BCUT2D eigenvalue weighted by molar-refractivity contribution is 6.33. The maximum absolute atomic E-state index is 13.4. The number of rotatable bonds is 5. The predicted molar refractivity (Wildman–Crippen MR) is 115 cm³/mol. The SMILES string of the molecule is O=C(OCc1ccccn1)c1ccc(C2=CC(C(F)(F)F)NN2c2ccccc2Cl)cc1. The molecule has 1 unspecified atom stereocenters. The first kappa shape index (κ1) is 21.9. The Morgan fingerprint density at radius 2 is 1.78 bits per heavy atom. The first-order valence-corrected chi connectivity index (χ1v) is 9.97. The molecule has 0 aliphatic carbocycles. The van der Waals surface area contributed by atoms with E-state index in [1.54, 1.807) is 60.8 Å². The third kappa shape index (κ3) is 4.76. The number of pyridine rings is 1. The molecule has 1 N–H and O–H groups in total. The van der Waals surface area contributed by atoms with Crippen LogP contribution in [0, 0.1) is 0 Å². The summed E-state index contributed by atoms with van der Waals surface area (Å²) in [6, 6.07) is 16.1. The van der Waals surface area contributed by atoms with E-state index in [2.05, 4.69) is 10.4 Å². The molecular weight excluding hydrogens is 443 g/mol. The van der Waals surface area contributed by atoms with Crippen LogP contribution in [0.5, 0.6) is 0 Å². The second-order valence-corrected chi connectivity index (χ2v) is 7.37. The van der Waals surface area contributed by atoms with E-state index in [1.165, 1.54) is 17.1 Å². The van der Waals surface area contributed by atoms with Crippen molar-refractivity contribution in [2.24, 2.45) is 0 Å². The molecule has 0 spiro atoms. The van der Waals surface area contributed by atoms with Crippen LogP contribution in [0.15, 0.2) is 79.0 Å². The molecule has 0 saturated heterocycles. The number of alkyl halides is 3. The lowest BCUT2D eigenvalue weighted by atomic mass is 10.1. The molecule has 0 fully saturated rings. The van der Waals surface area contributed by atoms with E-state index in [1.807, 2.05) is 0 Å². The summed E-state index contributed by atoms with van der Waals surface area (Å²) >= 11 is 6.21. The molecule has 2 heterocycles. The van der Waals surface area contributed by atoms with Gasteiger partial charge in [0.15, 0.2) is 0 Å². The van der Waals surface area contributed by atoms with Crippen molar-refractivity contribution in [1.29, 1.82) is 0 Å². The number of halogens is 4. The molecule has 0 bridgehead atoms. The van der Waals surface area contributed by atoms with Gasteiger partial charge in [-0.2, -0.15) is 13.2 Å². The Balaban J connectivity index is 1.56. The zero-order valence-corrected chi connectivity index (χ0v) is 17.3. The van der Waals surface area contributed by atoms with Gasteiger partial charge in [-0.05, 0) is 48.0 Å². The predicted octanol–water partition coefficient (Wildman–Crippen LogP) is 5.39. The van der Waals surface area contributed by atoms with Crippen LogP contribution < -0.4 is 10.4 Å². The van der Waals surface area contributed by atoms with Gasteiger partial charge in [0.1, 0.15) is 12.6 Å². The van der Waals surface area contributed by atoms with Gasteiger partial charge in [0.25, 0.3) is 0 Å². The summed E-state index contributed by atoms with van der Waals surface area (Å²) in [4.78, 5) is 16.4. The fraction of sp³-hybridized carbons (Fsp3) is 0.130. The summed E-state index contributed by atoms with van der Waals surface area (Å²) < 4.78 is 45.4. The molecule has 9 heteroatoms. The van der Waals surface area contributed by atoms with Crippen molar-refractivity contribution in [3.05, 3.63) is 101 Å². The van der Waals surface area contributed by atoms with Crippen molar-refractivity contribution in [3.8, 4) is 0 Å². The van der Waals surface area contributed by atoms with Gasteiger partial charge in [0.2, 0.25) is 0 Å². The summed E-state index contributed by atoms with van der Waals surface area (Å²) in [6.07, 6.45) is -1.81. The number of aromatic nitrogens is 1. The lowest BCUT2D eigenvalue weighted by Crippen LogP contribution is -2.44. The molecule has 1 aliphatic rings. The van der Waals surface area contributed by atoms with E-state index >= 15 is 0 Å². The minimum absolute atomic E-state index is 0.0179. The number of benzene rings is 2. The summed E-state index contributed by atoms with van der Waals surface area (Å²) in [7, 11) is 0. The van der Waals surface area contributed by atoms with Gasteiger partial charge in [0, 0.05) is 6.20 Å².